The molecule has 19 heavy (non-hydrogen) atoms. The van der Waals surface area contributed by atoms with Gasteiger partial charge in [0.25, 0.3) is 0 Å². The minimum absolute atomic E-state index is 0.444. The van der Waals surface area contributed by atoms with Crippen LogP contribution in [0.15, 0.2) is 18.2 Å². The van der Waals surface area contributed by atoms with E-state index in [0.29, 0.717) is 22.2 Å². The van der Waals surface area contributed by atoms with E-state index in [4.69, 9.17) is 27.9 Å². The topological polar surface area (TPSA) is 34.1 Å². The minimum Gasteiger partial charge on any atom is -0.384 e. The highest BCUT2D eigenvalue weighted by Gasteiger charge is 2.12. The Bertz CT molecular complexity index is 587. The summed E-state index contributed by atoms with van der Waals surface area (Å²) in [5.74, 6) is 0. The molecule has 1 heterocycles. The number of halogens is 2. The molecule has 0 saturated heterocycles. The number of nitrogens with one attached hydrogen (secondary N) is 1. The molecular weight excluding hydrogens is 283 g/mol. The molecule has 0 fully saturated rings. The summed E-state index contributed by atoms with van der Waals surface area (Å²) in [5.41, 5.74) is 2.49. The van der Waals surface area contributed by atoms with Gasteiger partial charge in [0.15, 0.2) is 0 Å². The van der Waals surface area contributed by atoms with Gasteiger partial charge < -0.3 is 10.1 Å². The van der Waals surface area contributed by atoms with Crippen LogP contribution in [0, 0.1) is 0 Å². The lowest BCUT2D eigenvalue weighted by Gasteiger charge is -2.13. The number of benzene rings is 1. The molecule has 0 radical (unpaired) electrons. The van der Waals surface area contributed by atoms with Crippen molar-refractivity contribution in [3.63, 3.8) is 0 Å². The number of ether oxygens (including phenoxy) is 1. The predicted octanol–water partition coefficient (Wildman–Crippen LogP) is 4.51. The quantitative estimate of drug-likeness (QED) is 0.882. The highest BCUT2D eigenvalue weighted by atomic mass is 35.5. The average Bonchev–Trinajstić information content (AvgIpc) is 2.40. The van der Waals surface area contributed by atoms with E-state index < -0.39 is 0 Å². The van der Waals surface area contributed by atoms with Gasteiger partial charge in [-0.25, -0.2) is 4.98 Å². The fourth-order valence-electron chi connectivity index (χ4n) is 1.94. The van der Waals surface area contributed by atoms with E-state index in [1.807, 2.05) is 6.07 Å². The smallest absolute Gasteiger partial charge is 0.0928 e. The van der Waals surface area contributed by atoms with Crippen LogP contribution in [-0.4, -0.2) is 18.6 Å². The van der Waals surface area contributed by atoms with E-state index in [9.17, 15) is 0 Å². The monoisotopic (exact) mass is 298 g/mol. The highest BCUT2D eigenvalue weighted by Crippen LogP contribution is 2.34. The Kier molecular flexibility index (Phi) is 4.86. The van der Waals surface area contributed by atoms with E-state index in [1.165, 1.54) is 0 Å². The summed E-state index contributed by atoms with van der Waals surface area (Å²) >= 11 is 12.5. The molecule has 1 aromatic carbocycles. The molecule has 0 spiro atoms. The zero-order valence-electron chi connectivity index (χ0n) is 11.0. The van der Waals surface area contributed by atoms with Crippen molar-refractivity contribution in [2.24, 2.45) is 0 Å². The Labute approximate surface area is 122 Å². The lowest BCUT2D eigenvalue weighted by atomic mass is 10.1. The standard InChI is InChI=1S/C14H16Cl2N2O/c1-3-6-17-12-7-9(8-19-2)18-14-11(16)5-4-10(15)13(12)14/h4-5,7H,3,6,8H2,1-2H3,(H,17,18). The third kappa shape index (κ3) is 3.11. The number of nitrogens with zero attached hydrogens (tertiary/aromatic N) is 1. The predicted molar refractivity (Wildman–Crippen MR) is 81.3 cm³/mol. The van der Waals surface area contributed by atoms with Crippen molar-refractivity contribution in [1.29, 1.82) is 0 Å². The second kappa shape index (κ2) is 6.42. The average molecular weight is 299 g/mol. The van der Waals surface area contributed by atoms with Crippen LogP contribution in [0.5, 0.6) is 0 Å². The number of anilines is 1. The van der Waals surface area contributed by atoms with Crippen molar-refractivity contribution in [3.05, 3.63) is 33.9 Å². The van der Waals surface area contributed by atoms with Gasteiger partial charge in [-0.05, 0) is 24.6 Å². The molecule has 1 N–H and O–H groups in total. The van der Waals surface area contributed by atoms with E-state index in [1.54, 1.807) is 19.2 Å². The van der Waals surface area contributed by atoms with E-state index >= 15 is 0 Å². The van der Waals surface area contributed by atoms with Crippen molar-refractivity contribution < 1.29 is 4.74 Å². The molecule has 2 aromatic rings. The Morgan fingerprint density at radius 2 is 2.00 bits per heavy atom. The van der Waals surface area contributed by atoms with Gasteiger partial charge in [-0.15, -0.1) is 0 Å². The van der Waals surface area contributed by atoms with E-state index in [2.05, 4.69) is 17.2 Å². The van der Waals surface area contributed by atoms with Crippen molar-refractivity contribution in [3.8, 4) is 0 Å². The highest BCUT2D eigenvalue weighted by molar-refractivity contribution is 6.40. The fraction of sp³-hybridized carbons (Fsp3) is 0.357. The molecule has 0 aliphatic carbocycles. The van der Waals surface area contributed by atoms with Crippen LogP contribution in [0.25, 0.3) is 10.9 Å². The molecular formula is C14H16Cl2N2O. The summed E-state index contributed by atoms with van der Waals surface area (Å²) in [6, 6.07) is 5.52. The van der Waals surface area contributed by atoms with Crippen molar-refractivity contribution in [2.45, 2.75) is 20.0 Å². The molecule has 0 aliphatic rings. The van der Waals surface area contributed by atoms with Gasteiger partial charge in [0.1, 0.15) is 0 Å². The molecule has 2 rings (SSSR count). The van der Waals surface area contributed by atoms with Gasteiger partial charge in [0, 0.05) is 24.7 Å². The third-order valence-corrected chi connectivity index (χ3v) is 3.39. The first-order valence-electron chi connectivity index (χ1n) is 6.17. The number of methoxy groups -OCH3 is 1. The molecule has 5 heteroatoms. The van der Waals surface area contributed by atoms with Crippen molar-refractivity contribution >= 4 is 39.8 Å². The summed E-state index contributed by atoms with van der Waals surface area (Å²) in [5, 5.41) is 5.47. The van der Waals surface area contributed by atoms with Crippen LogP contribution in [0.3, 0.4) is 0 Å². The summed E-state index contributed by atoms with van der Waals surface area (Å²) < 4.78 is 5.14. The molecule has 0 amide bonds. The Balaban J connectivity index is 2.63. The summed E-state index contributed by atoms with van der Waals surface area (Å²) in [4.78, 5) is 4.51. The second-order valence-electron chi connectivity index (χ2n) is 4.27. The summed E-state index contributed by atoms with van der Waals surface area (Å²) in [6.45, 7) is 3.43. The van der Waals surface area contributed by atoms with Gasteiger partial charge in [0.05, 0.1) is 27.9 Å². The molecule has 0 bridgehead atoms. The minimum atomic E-state index is 0.444. The number of pyridine rings is 1. The summed E-state index contributed by atoms with van der Waals surface area (Å²) in [6.07, 6.45) is 1.03. The van der Waals surface area contributed by atoms with Gasteiger partial charge >= 0.3 is 0 Å². The molecule has 0 saturated carbocycles. The molecule has 3 nitrogen and oxygen atoms in total. The normalized spacial score (nSPS) is 10.9. The maximum Gasteiger partial charge on any atom is 0.0928 e. The SMILES string of the molecule is CCCNc1cc(COC)nc2c(Cl)ccc(Cl)c12. The number of aromatic nitrogens is 1. The zero-order chi connectivity index (χ0) is 13.8. The number of hydrogen-bond acceptors (Lipinski definition) is 3. The number of rotatable bonds is 5. The summed E-state index contributed by atoms with van der Waals surface area (Å²) in [7, 11) is 1.64. The van der Waals surface area contributed by atoms with E-state index in [-0.39, 0.29) is 0 Å². The van der Waals surface area contributed by atoms with Crippen LogP contribution in [0.4, 0.5) is 5.69 Å². The molecule has 0 atom stereocenters. The van der Waals surface area contributed by atoms with Crippen molar-refractivity contribution in [2.75, 3.05) is 19.0 Å². The van der Waals surface area contributed by atoms with Gasteiger partial charge in [-0.2, -0.15) is 0 Å². The van der Waals surface area contributed by atoms with Crippen LogP contribution >= 0.6 is 23.2 Å². The van der Waals surface area contributed by atoms with Crippen LogP contribution in [0.2, 0.25) is 10.0 Å². The van der Waals surface area contributed by atoms with Crippen LogP contribution in [-0.2, 0) is 11.3 Å². The maximum atomic E-state index is 6.27. The zero-order valence-corrected chi connectivity index (χ0v) is 12.5. The van der Waals surface area contributed by atoms with Crippen LogP contribution < -0.4 is 5.32 Å². The Morgan fingerprint density at radius 1 is 1.26 bits per heavy atom. The Hall–Kier alpha value is -1.03. The fourth-order valence-corrected chi connectivity index (χ4v) is 2.40. The van der Waals surface area contributed by atoms with Gasteiger partial charge in [0.2, 0.25) is 0 Å². The molecule has 0 aliphatic heterocycles. The van der Waals surface area contributed by atoms with Gasteiger partial charge in [-0.3, -0.25) is 0 Å². The maximum absolute atomic E-state index is 6.27. The lowest BCUT2D eigenvalue weighted by Crippen LogP contribution is -2.03. The van der Waals surface area contributed by atoms with Crippen molar-refractivity contribution in [1.82, 2.24) is 4.98 Å². The largest absolute Gasteiger partial charge is 0.384 e. The lowest BCUT2D eigenvalue weighted by molar-refractivity contribution is 0.182. The first-order valence-corrected chi connectivity index (χ1v) is 6.93. The Morgan fingerprint density at radius 3 is 2.68 bits per heavy atom. The van der Waals surface area contributed by atoms with E-state index in [0.717, 1.165) is 29.7 Å². The molecule has 1 aromatic heterocycles. The second-order valence-corrected chi connectivity index (χ2v) is 5.09. The molecule has 0 unspecified atom stereocenters. The van der Waals surface area contributed by atoms with Crippen LogP contribution in [0.1, 0.15) is 19.0 Å². The molecule has 102 valence electrons. The van der Waals surface area contributed by atoms with Gasteiger partial charge in [-0.1, -0.05) is 30.1 Å². The first kappa shape index (κ1) is 14.4. The number of fused-ring (bicyclic) bond motifs is 1. The first-order chi connectivity index (χ1) is 9.17. The third-order valence-electron chi connectivity index (χ3n) is 2.77. The number of hydrogen-bond donors (Lipinski definition) is 1.